The van der Waals surface area contributed by atoms with E-state index in [4.69, 9.17) is 23.9 Å². The Balaban J connectivity index is 1.22. The van der Waals surface area contributed by atoms with Gasteiger partial charge in [0, 0.05) is 43.1 Å². The predicted octanol–water partition coefficient (Wildman–Crippen LogP) is 2.52. The predicted molar refractivity (Wildman–Crippen MR) is 201 cm³/mol. The van der Waals surface area contributed by atoms with E-state index in [0.717, 1.165) is 5.39 Å². The van der Waals surface area contributed by atoms with Gasteiger partial charge in [-0.05, 0) is 82.2 Å². The van der Waals surface area contributed by atoms with Gasteiger partial charge in [0.2, 0.25) is 27.7 Å². The van der Waals surface area contributed by atoms with Crippen molar-refractivity contribution in [1.82, 2.24) is 35.0 Å². The van der Waals surface area contributed by atoms with Crippen molar-refractivity contribution in [3.63, 3.8) is 0 Å². The van der Waals surface area contributed by atoms with Crippen LogP contribution >= 0.6 is 0 Å². The van der Waals surface area contributed by atoms with Gasteiger partial charge in [-0.3, -0.25) is 19.1 Å². The zero-order valence-electron chi connectivity index (χ0n) is 31.7. The molecule has 2 aliphatic heterocycles. The van der Waals surface area contributed by atoms with Crippen LogP contribution in [-0.2, 0) is 33.9 Å². The number of aromatic nitrogens is 3. The van der Waals surface area contributed by atoms with E-state index in [0.29, 0.717) is 36.2 Å². The first kappa shape index (κ1) is 39.0. The smallest absolute Gasteiger partial charge is 0.408 e. The lowest BCUT2D eigenvalue weighted by atomic mass is 10.1. The highest BCUT2D eigenvalue weighted by molar-refractivity contribution is 7.91. The van der Waals surface area contributed by atoms with Gasteiger partial charge < -0.3 is 34.5 Å². The van der Waals surface area contributed by atoms with Crippen LogP contribution in [0, 0.1) is 5.92 Å². The number of nitrogens with one attached hydrogen (secondary N) is 3. The molecule has 4 aliphatic rings. The largest absolute Gasteiger partial charge is 0.497 e. The summed E-state index contributed by atoms with van der Waals surface area (Å²) in [6.07, 6.45) is 6.93. The van der Waals surface area contributed by atoms with Gasteiger partial charge in [-0.2, -0.15) is 10.1 Å². The summed E-state index contributed by atoms with van der Waals surface area (Å²) in [7, 11) is -2.36. The molecule has 0 radical (unpaired) electrons. The van der Waals surface area contributed by atoms with Gasteiger partial charge in [-0.15, -0.1) is 0 Å². The summed E-state index contributed by atoms with van der Waals surface area (Å²) < 4.78 is 52.8. The fourth-order valence-corrected chi connectivity index (χ4v) is 8.42. The molecule has 0 spiro atoms. The van der Waals surface area contributed by atoms with Crippen LogP contribution in [-0.4, -0.2) is 113 Å². The van der Waals surface area contributed by atoms with Crippen LogP contribution in [0.15, 0.2) is 54.9 Å². The Morgan fingerprint density at radius 2 is 1.91 bits per heavy atom. The highest BCUT2D eigenvalue weighted by Crippen LogP contribution is 2.46. The molecule has 18 heteroatoms. The van der Waals surface area contributed by atoms with Crippen molar-refractivity contribution in [2.75, 3.05) is 26.9 Å². The lowest BCUT2D eigenvalue weighted by molar-refractivity contribution is -0.141. The number of carbonyl (C=O) groups is 4. The van der Waals surface area contributed by atoms with Crippen LogP contribution in [0.3, 0.4) is 0 Å². The van der Waals surface area contributed by atoms with E-state index < -0.39 is 74.3 Å². The van der Waals surface area contributed by atoms with Gasteiger partial charge >= 0.3 is 6.09 Å². The monoisotopic (exact) mass is 793 g/mol. The summed E-state index contributed by atoms with van der Waals surface area (Å²) in [6.45, 7) is 5.41. The van der Waals surface area contributed by atoms with Crippen molar-refractivity contribution in [3.8, 4) is 17.4 Å². The maximum absolute atomic E-state index is 14.5. The molecule has 7 rings (SSSR count). The number of sulfonamides is 1. The third-order valence-corrected chi connectivity index (χ3v) is 12.0. The summed E-state index contributed by atoms with van der Waals surface area (Å²) in [6, 6.07) is 6.65. The Bertz CT molecular complexity index is 2130. The average Bonchev–Trinajstić information content (AvgIpc) is 4.00. The van der Waals surface area contributed by atoms with Crippen LogP contribution in [0.2, 0.25) is 0 Å². The Morgan fingerprint density at radius 1 is 1.11 bits per heavy atom. The molecule has 4 heterocycles. The molecule has 4 amide bonds. The minimum atomic E-state index is -3.93. The molecule has 2 aromatic heterocycles. The summed E-state index contributed by atoms with van der Waals surface area (Å²) >= 11 is 0. The third kappa shape index (κ3) is 8.60. The fourth-order valence-electron chi connectivity index (χ4n) is 7.05. The van der Waals surface area contributed by atoms with Gasteiger partial charge in [0.25, 0.3) is 5.91 Å². The second kappa shape index (κ2) is 15.4. The van der Waals surface area contributed by atoms with Gasteiger partial charge in [-0.25, -0.2) is 17.9 Å². The molecular formula is C38H47N7O10S. The molecule has 300 valence electrons. The van der Waals surface area contributed by atoms with Gasteiger partial charge in [-0.1, -0.05) is 12.2 Å². The molecular weight excluding hydrogens is 747 g/mol. The van der Waals surface area contributed by atoms with Crippen molar-refractivity contribution in [3.05, 3.63) is 54.9 Å². The number of nitrogens with zero attached hydrogens (tertiary/aromatic N) is 4. The Morgan fingerprint density at radius 3 is 2.62 bits per heavy atom. The molecule has 5 atom stereocenters. The Labute approximate surface area is 324 Å². The zero-order chi connectivity index (χ0) is 39.8. The number of pyridine rings is 1. The number of alkyl carbamates (subject to hydrolysis) is 1. The molecule has 0 bridgehead atoms. The van der Waals surface area contributed by atoms with E-state index in [9.17, 15) is 27.6 Å². The highest BCUT2D eigenvalue weighted by Gasteiger charge is 2.62. The van der Waals surface area contributed by atoms with Crippen molar-refractivity contribution < 1.29 is 46.5 Å². The van der Waals surface area contributed by atoms with Crippen LogP contribution in [0.5, 0.6) is 11.6 Å². The maximum Gasteiger partial charge on any atom is 0.408 e. The third-order valence-electron chi connectivity index (χ3n) is 10.2. The summed E-state index contributed by atoms with van der Waals surface area (Å²) in [5.41, 5.74) is -2.41. The summed E-state index contributed by atoms with van der Waals surface area (Å²) in [5, 5.41) is 10.6. The van der Waals surface area contributed by atoms with Crippen molar-refractivity contribution in [2.45, 2.75) is 93.9 Å². The number of amides is 4. The maximum atomic E-state index is 14.5. The molecule has 0 unspecified atom stereocenters. The number of fused-ring (bicyclic) bond motifs is 3. The van der Waals surface area contributed by atoms with E-state index in [2.05, 4.69) is 20.5 Å². The molecule has 3 N–H and O–H groups in total. The average molecular weight is 794 g/mol. The van der Waals surface area contributed by atoms with Crippen LogP contribution in [0.1, 0.15) is 59.3 Å². The van der Waals surface area contributed by atoms with E-state index in [1.165, 1.54) is 4.90 Å². The lowest BCUT2D eigenvalue weighted by Gasteiger charge is -2.30. The highest BCUT2D eigenvalue weighted by atomic mass is 32.2. The minimum absolute atomic E-state index is 0.0167. The summed E-state index contributed by atoms with van der Waals surface area (Å²) in [4.78, 5) is 61.8. The topological polar surface area (TPSA) is 209 Å². The van der Waals surface area contributed by atoms with Crippen LogP contribution in [0.4, 0.5) is 4.79 Å². The van der Waals surface area contributed by atoms with E-state index in [-0.39, 0.29) is 44.9 Å². The standard InChI is InChI=1S/C38H47N7O10S/c1-37(2,3)55-36(49)40-29-13-17-53-16-6-5-8-24-21-38(24,35(48)43-56(50,51)27-10-11-27)42-32(46)30-20-26(22-44(30)34(29)47)54-33-28-12-9-25(52-4)18-23(28)19-31(41-33)45-15-7-14-39-45/h5,7-9,12,14-15,18-19,24,26-27,29-30H,6,10-11,13,16-17,20-22H2,1-4H3,(H,40,49)(H,42,46)(H,43,48)/b8-5-/t24-,26-,29+,30+,38-/m1/s1. The first-order chi connectivity index (χ1) is 26.7. The van der Waals surface area contributed by atoms with Crippen molar-refractivity contribution in [1.29, 1.82) is 0 Å². The van der Waals surface area contributed by atoms with Crippen LogP contribution in [0.25, 0.3) is 16.6 Å². The number of rotatable bonds is 8. The molecule has 3 aromatic rings. The zero-order valence-corrected chi connectivity index (χ0v) is 32.5. The van der Waals surface area contributed by atoms with E-state index in [1.54, 1.807) is 69.2 Å². The number of carbonyl (C=O) groups excluding carboxylic acids is 4. The van der Waals surface area contributed by atoms with Crippen molar-refractivity contribution in [2.24, 2.45) is 5.92 Å². The molecule has 3 fully saturated rings. The molecule has 17 nitrogen and oxygen atoms in total. The Hall–Kier alpha value is -5.23. The van der Waals surface area contributed by atoms with Gasteiger partial charge in [0.1, 0.15) is 35.1 Å². The number of hydrogen-bond acceptors (Lipinski definition) is 12. The second-order valence-corrected chi connectivity index (χ2v) is 17.5. The van der Waals surface area contributed by atoms with Gasteiger partial charge in [0.15, 0.2) is 5.82 Å². The first-order valence-corrected chi connectivity index (χ1v) is 20.3. The second-order valence-electron chi connectivity index (χ2n) is 15.6. The van der Waals surface area contributed by atoms with Crippen LogP contribution < -0.4 is 24.8 Å². The van der Waals surface area contributed by atoms with Gasteiger partial charge in [0.05, 0.1) is 25.5 Å². The quantitative estimate of drug-likeness (QED) is 0.281. The lowest BCUT2D eigenvalue weighted by Crippen LogP contribution is -2.58. The molecule has 2 saturated carbocycles. The van der Waals surface area contributed by atoms with E-state index in [1.807, 2.05) is 18.2 Å². The number of ether oxygens (including phenoxy) is 4. The minimum Gasteiger partial charge on any atom is -0.497 e. The normalized spacial score (nSPS) is 26.5. The van der Waals surface area contributed by atoms with E-state index >= 15 is 0 Å². The number of methoxy groups -OCH3 is 1. The molecule has 56 heavy (non-hydrogen) atoms. The Kier molecular flexibility index (Phi) is 10.7. The SMILES string of the molecule is COc1ccc2c(O[C@@H]3C[C@H]4C(=O)N[C@]5(C(=O)NS(=O)(=O)C6CC6)C[C@H]5/C=C\CCOCC[C@H](NC(=O)OC(C)(C)C)C(=O)N4C3)nc(-n3cccn3)cc2c1. The fraction of sp³-hybridized carbons (Fsp3) is 0.526. The summed E-state index contributed by atoms with van der Waals surface area (Å²) in [5.74, 6) is -1.30. The van der Waals surface area contributed by atoms with Crippen molar-refractivity contribution >= 4 is 44.6 Å². The molecule has 1 aromatic carbocycles. The number of hydrogen-bond donors (Lipinski definition) is 3. The molecule has 1 saturated heterocycles. The first-order valence-electron chi connectivity index (χ1n) is 18.7. The molecule has 2 aliphatic carbocycles. The number of benzene rings is 1.